The highest BCUT2D eigenvalue weighted by atomic mass is 16.5. The molecule has 3 heteroatoms. The van der Waals surface area contributed by atoms with Gasteiger partial charge in [-0.05, 0) is 32.8 Å². The number of carbonyl (C=O) groups excluding carboxylic acids is 1. The summed E-state index contributed by atoms with van der Waals surface area (Å²) in [7, 11) is 0. The van der Waals surface area contributed by atoms with Crippen LogP contribution in [-0.4, -0.2) is 17.1 Å². The van der Waals surface area contributed by atoms with Crippen LogP contribution in [0.2, 0.25) is 0 Å². The normalized spacial score (nSPS) is 15.8. The molecular formula is C10H13NO2. The molecule has 3 nitrogen and oxygen atoms in total. The van der Waals surface area contributed by atoms with Crippen LogP contribution in [0.25, 0.3) is 0 Å². The summed E-state index contributed by atoms with van der Waals surface area (Å²) in [5.41, 5.74) is 2.56. The Morgan fingerprint density at radius 3 is 2.69 bits per heavy atom. The van der Waals surface area contributed by atoms with Crippen molar-refractivity contribution in [1.82, 2.24) is 4.98 Å². The first kappa shape index (κ1) is 8.35. The number of ether oxygens (including phenoxy) is 1. The molecule has 0 unspecified atom stereocenters. The van der Waals surface area contributed by atoms with Gasteiger partial charge in [-0.1, -0.05) is 0 Å². The van der Waals surface area contributed by atoms with Gasteiger partial charge in [-0.25, -0.2) is 4.79 Å². The number of carbonyl (C=O) groups is 1. The number of rotatable bonds is 2. The molecule has 0 bridgehead atoms. The Hall–Kier alpha value is -1.25. The molecule has 1 aromatic rings. The highest BCUT2D eigenvalue weighted by Gasteiger charge is 2.27. The standard InChI is InChI=1S/C10H13NO2/c1-6-5-9(7(2)11-6)10(12)13-8-3-4-8/h5,8,11H,3-4H2,1-2H3. The van der Waals surface area contributed by atoms with Crippen LogP contribution in [0.4, 0.5) is 0 Å². The van der Waals surface area contributed by atoms with E-state index in [0.29, 0.717) is 5.56 Å². The van der Waals surface area contributed by atoms with Gasteiger partial charge in [0.2, 0.25) is 0 Å². The van der Waals surface area contributed by atoms with Gasteiger partial charge in [0.25, 0.3) is 0 Å². The number of hydrogen-bond acceptors (Lipinski definition) is 2. The molecule has 70 valence electrons. The minimum atomic E-state index is -0.190. The maximum absolute atomic E-state index is 11.5. The highest BCUT2D eigenvalue weighted by Crippen LogP contribution is 2.25. The minimum absolute atomic E-state index is 0.183. The second kappa shape index (κ2) is 2.91. The predicted molar refractivity (Wildman–Crippen MR) is 48.7 cm³/mol. The summed E-state index contributed by atoms with van der Waals surface area (Å²) in [5.74, 6) is -0.190. The molecule has 1 saturated carbocycles. The molecule has 0 atom stereocenters. The fourth-order valence-electron chi connectivity index (χ4n) is 1.34. The van der Waals surface area contributed by atoms with Crippen LogP contribution in [-0.2, 0) is 4.74 Å². The predicted octanol–water partition coefficient (Wildman–Crippen LogP) is 1.95. The van der Waals surface area contributed by atoms with Gasteiger partial charge in [0.15, 0.2) is 0 Å². The molecule has 1 N–H and O–H groups in total. The molecule has 1 aliphatic carbocycles. The van der Waals surface area contributed by atoms with Gasteiger partial charge >= 0.3 is 5.97 Å². The van der Waals surface area contributed by atoms with E-state index < -0.39 is 0 Å². The summed E-state index contributed by atoms with van der Waals surface area (Å²) in [6.45, 7) is 3.82. The van der Waals surface area contributed by atoms with Crippen molar-refractivity contribution in [3.63, 3.8) is 0 Å². The molecule has 0 aliphatic heterocycles. The first-order valence-corrected chi connectivity index (χ1v) is 4.54. The summed E-state index contributed by atoms with van der Waals surface area (Å²) in [5, 5.41) is 0. The van der Waals surface area contributed by atoms with E-state index in [-0.39, 0.29) is 12.1 Å². The monoisotopic (exact) mass is 179 g/mol. The second-order valence-electron chi connectivity index (χ2n) is 3.60. The van der Waals surface area contributed by atoms with E-state index >= 15 is 0 Å². The zero-order chi connectivity index (χ0) is 9.42. The van der Waals surface area contributed by atoms with Crippen LogP contribution in [0, 0.1) is 13.8 Å². The van der Waals surface area contributed by atoms with Crippen LogP contribution in [0.15, 0.2) is 6.07 Å². The van der Waals surface area contributed by atoms with Gasteiger partial charge in [-0.3, -0.25) is 0 Å². The average molecular weight is 179 g/mol. The Labute approximate surface area is 77.1 Å². The fourth-order valence-corrected chi connectivity index (χ4v) is 1.34. The summed E-state index contributed by atoms with van der Waals surface area (Å²) in [6, 6.07) is 1.83. The Morgan fingerprint density at radius 1 is 1.54 bits per heavy atom. The molecule has 0 spiro atoms. The molecule has 0 saturated heterocycles. The molecule has 0 aromatic carbocycles. The Morgan fingerprint density at radius 2 is 2.23 bits per heavy atom. The van der Waals surface area contributed by atoms with E-state index in [1.165, 1.54) is 0 Å². The van der Waals surface area contributed by atoms with E-state index in [0.717, 1.165) is 24.2 Å². The van der Waals surface area contributed by atoms with Gasteiger partial charge in [-0.2, -0.15) is 0 Å². The number of aryl methyl sites for hydroxylation is 2. The zero-order valence-electron chi connectivity index (χ0n) is 7.89. The first-order chi connectivity index (χ1) is 6.16. The molecule has 0 amide bonds. The molecule has 2 rings (SSSR count). The lowest BCUT2D eigenvalue weighted by Crippen LogP contribution is -2.06. The Kier molecular flexibility index (Phi) is 1.87. The maximum Gasteiger partial charge on any atom is 0.340 e. The van der Waals surface area contributed by atoms with Crippen LogP contribution in [0.5, 0.6) is 0 Å². The number of aromatic amines is 1. The van der Waals surface area contributed by atoms with Crippen molar-refractivity contribution >= 4 is 5.97 Å². The van der Waals surface area contributed by atoms with Crippen molar-refractivity contribution in [3.05, 3.63) is 23.0 Å². The lowest BCUT2D eigenvalue weighted by molar-refractivity contribution is 0.0471. The molecule has 13 heavy (non-hydrogen) atoms. The number of aromatic nitrogens is 1. The van der Waals surface area contributed by atoms with Gasteiger partial charge in [0.1, 0.15) is 6.10 Å². The van der Waals surface area contributed by atoms with Crippen molar-refractivity contribution in [3.8, 4) is 0 Å². The van der Waals surface area contributed by atoms with Crippen molar-refractivity contribution in [2.45, 2.75) is 32.8 Å². The quantitative estimate of drug-likeness (QED) is 0.705. The molecule has 1 heterocycles. The van der Waals surface area contributed by atoms with E-state index in [9.17, 15) is 4.79 Å². The Bertz CT molecular complexity index is 337. The lowest BCUT2D eigenvalue weighted by atomic mass is 10.2. The SMILES string of the molecule is Cc1cc(C(=O)OC2CC2)c(C)[nH]1. The number of nitrogens with one attached hydrogen (secondary N) is 1. The van der Waals surface area contributed by atoms with Gasteiger partial charge < -0.3 is 9.72 Å². The fraction of sp³-hybridized carbons (Fsp3) is 0.500. The molecule has 1 aliphatic rings. The van der Waals surface area contributed by atoms with Crippen LogP contribution in [0.1, 0.15) is 34.6 Å². The lowest BCUT2D eigenvalue weighted by Gasteiger charge is -2.00. The third kappa shape index (κ3) is 1.74. The van der Waals surface area contributed by atoms with E-state index in [2.05, 4.69) is 4.98 Å². The maximum atomic E-state index is 11.5. The Balaban J connectivity index is 2.13. The van der Waals surface area contributed by atoms with Crippen LogP contribution < -0.4 is 0 Å². The van der Waals surface area contributed by atoms with Crippen LogP contribution in [0.3, 0.4) is 0 Å². The van der Waals surface area contributed by atoms with Crippen LogP contribution >= 0.6 is 0 Å². The molecule has 1 aromatic heterocycles. The van der Waals surface area contributed by atoms with Crippen molar-refractivity contribution in [2.24, 2.45) is 0 Å². The average Bonchev–Trinajstić information content (AvgIpc) is 2.77. The summed E-state index contributed by atoms with van der Waals surface area (Å²) >= 11 is 0. The van der Waals surface area contributed by atoms with Crippen molar-refractivity contribution < 1.29 is 9.53 Å². The first-order valence-electron chi connectivity index (χ1n) is 4.54. The summed E-state index contributed by atoms with van der Waals surface area (Å²) in [6.07, 6.45) is 2.23. The van der Waals surface area contributed by atoms with E-state index in [1.54, 1.807) is 0 Å². The van der Waals surface area contributed by atoms with Gasteiger partial charge in [0, 0.05) is 11.4 Å². The van der Waals surface area contributed by atoms with Gasteiger partial charge in [0.05, 0.1) is 5.56 Å². The van der Waals surface area contributed by atoms with Crippen molar-refractivity contribution in [2.75, 3.05) is 0 Å². The third-order valence-corrected chi connectivity index (χ3v) is 2.17. The number of esters is 1. The number of hydrogen-bond donors (Lipinski definition) is 1. The second-order valence-corrected chi connectivity index (χ2v) is 3.60. The molecule has 0 radical (unpaired) electrons. The smallest absolute Gasteiger partial charge is 0.340 e. The summed E-state index contributed by atoms with van der Waals surface area (Å²) < 4.78 is 5.18. The molecular weight excluding hydrogens is 166 g/mol. The van der Waals surface area contributed by atoms with E-state index in [1.807, 2.05) is 19.9 Å². The summed E-state index contributed by atoms with van der Waals surface area (Å²) in [4.78, 5) is 14.6. The minimum Gasteiger partial charge on any atom is -0.459 e. The molecule has 1 fully saturated rings. The third-order valence-electron chi connectivity index (χ3n) is 2.17. The van der Waals surface area contributed by atoms with Crippen molar-refractivity contribution in [1.29, 1.82) is 0 Å². The van der Waals surface area contributed by atoms with Gasteiger partial charge in [-0.15, -0.1) is 0 Å². The highest BCUT2D eigenvalue weighted by molar-refractivity contribution is 5.91. The topological polar surface area (TPSA) is 42.1 Å². The number of H-pyrrole nitrogens is 1. The zero-order valence-corrected chi connectivity index (χ0v) is 7.89. The largest absolute Gasteiger partial charge is 0.459 e. The van der Waals surface area contributed by atoms with E-state index in [4.69, 9.17) is 4.74 Å².